The molecule has 1 aromatic carbocycles. The number of carboxylic acid groups (broad SMARTS) is 1. The highest BCUT2D eigenvalue weighted by Crippen LogP contribution is 2.23. The molecule has 0 aliphatic rings. The van der Waals surface area contributed by atoms with Crippen molar-refractivity contribution >= 4 is 28.9 Å². The summed E-state index contributed by atoms with van der Waals surface area (Å²) in [6, 6.07) is 6.58. The molecule has 0 bridgehead atoms. The lowest BCUT2D eigenvalue weighted by Crippen LogP contribution is -2.13. The summed E-state index contributed by atoms with van der Waals surface area (Å²) in [5.41, 5.74) is 1.44. The normalized spacial score (nSPS) is 10.7. The Hall–Kier alpha value is -2.41. The van der Waals surface area contributed by atoms with E-state index in [0.717, 1.165) is 17.1 Å². The van der Waals surface area contributed by atoms with E-state index >= 15 is 0 Å². The van der Waals surface area contributed by atoms with Crippen molar-refractivity contribution < 1.29 is 19.4 Å². The van der Waals surface area contributed by atoms with Crippen LogP contribution in [0.1, 0.15) is 34.2 Å². The number of ether oxygens (including phenoxy) is 1. The summed E-state index contributed by atoms with van der Waals surface area (Å²) in [5.74, 6) is -0.366. The third-order valence-electron chi connectivity index (χ3n) is 3.09. The highest BCUT2D eigenvalue weighted by molar-refractivity contribution is 7.13. The van der Waals surface area contributed by atoms with Gasteiger partial charge in [-0.15, -0.1) is 11.3 Å². The monoisotopic (exact) mass is 348 g/mol. The van der Waals surface area contributed by atoms with E-state index in [-0.39, 0.29) is 5.91 Å². The lowest BCUT2D eigenvalue weighted by atomic mass is 10.1. The second-order valence-electron chi connectivity index (χ2n) is 5.77. The van der Waals surface area contributed by atoms with Crippen molar-refractivity contribution in [1.82, 2.24) is 4.98 Å². The molecule has 0 aliphatic heterocycles. The third kappa shape index (κ3) is 5.06. The van der Waals surface area contributed by atoms with Crippen LogP contribution in [-0.4, -0.2) is 28.6 Å². The van der Waals surface area contributed by atoms with Crippen LogP contribution in [0, 0.1) is 12.8 Å². The van der Waals surface area contributed by atoms with Crippen molar-refractivity contribution in [1.29, 1.82) is 0 Å². The molecule has 1 heterocycles. The molecule has 128 valence electrons. The van der Waals surface area contributed by atoms with Crippen LogP contribution in [0.2, 0.25) is 0 Å². The highest BCUT2D eigenvalue weighted by atomic mass is 32.1. The van der Waals surface area contributed by atoms with Crippen LogP contribution in [0.25, 0.3) is 0 Å². The Labute approximate surface area is 144 Å². The van der Waals surface area contributed by atoms with Gasteiger partial charge < -0.3 is 15.2 Å². The van der Waals surface area contributed by atoms with Gasteiger partial charge in [-0.1, -0.05) is 13.8 Å². The summed E-state index contributed by atoms with van der Waals surface area (Å²) in [6.07, 6.45) is 0.759. The number of carboxylic acids is 1. The van der Waals surface area contributed by atoms with Gasteiger partial charge in [-0.25, -0.2) is 9.78 Å². The number of aliphatic carboxylic acids is 1. The number of carbonyl (C=O) groups is 2. The van der Waals surface area contributed by atoms with E-state index in [9.17, 15) is 9.59 Å². The predicted molar refractivity (Wildman–Crippen MR) is 92.9 cm³/mol. The number of anilines is 1. The zero-order valence-corrected chi connectivity index (χ0v) is 14.6. The van der Waals surface area contributed by atoms with Crippen molar-refractivity contribution in [3.63, 3.8) is 0 Å². The van der Waals surface area contributed by atoms with Gasteiger partial charge in [0.1, 0.15) is 10.6 Å². The number of aryl methyl sites for hydroxylation is 1. The van der Waals surface area contributed by atoms with E-state index in [2.05, 4.69) is 24.1 Å². The second-order valence-corrected chi connectivity index (χ2v) is 6.97. The van der Waals surface area contributed by atoms with Gasteiger partial charge in [0, 0.05) is 5.69 Å². The number of hydrogen-bond donors (Lipinski definition) is 2. The van der Waals surface area contributed by atoms with E-state index in [1.807, 2.05) is 6.92 Å². The van der Waals surface area contributed by atoms with Crippen LogP contribution < -0.4 is 10.1 Å². The van der Waals surface area contributed by atoms with Crippen molar-refractivity contribution in [2.24, 2.45) is 5.92 Å². The molecule has 0 atom stereocenters. The first-order valence-electron chi connectivity index (χ1n) is 7.57. The Bertz CT molecular complexity index is 723. The Balaban J connectivity index is 2.05. The van der Waals surface area contributed by atoms with Crippen molar-refractivity contribution in [3.8, 4) is 5.75 Å². The predicted octanol–water partition coefficient (Wildman–Crippen LogP) is 3.37. The Morgan fingerprint density at radius 2 is 1.96 bits per heavy atom. The molecule has 2 aromatic rings. The second kappa shape index (κ2) is 7.92. The third-order valence-corrected chi connectivity index (χ3v) is 4.10. The molecule has 1 amide bonds. The van der Waals surface area contributed by atoms with E-state index in [1.54, 1.807) is 24.3 Å². The van der Waals surface area contributed by atoms with Crippen LogP contribution in [0.5, 0.6) is 5.75 Å². The van der Waals surface area contributed by atoms with Gasteiger partial charge in [0.25, 0.3) is 5.91 Å². The first-order chi connectivity index (χ1) is 11.3. The van der Waals surface area contributed by atoms with Crippen molar-refractivity contribution in [3.05, 3.63) is 39.8 Å². The average Bonchev–Trinajstić information content (AvgIpc) is 2.86. The number of benzene rings is 1. The number of carbonyl (C=O) groups excluding carboxylic acids is 1. The van der Waals surface area contributed by atoms with Gasteiger partial charge in [0.2, 0.25) is 0 Å². The van der Waals surface area contributed by atoms with Gasteiger partial charge in [0.15, 0.2) is 6.61 Å². The number of rotatable bonds is 7. The standard InChI is InChI=1S/C17H20N2O4S/c1-10(2)8-14-16(24-11(3)18-14)17(22)19-12-4-6-13(7-5-12)23-9-15(20)21/h4-7,10H,8-9H2,1-3H3,(H,19,22)(H,20,21). The van der Waals surface area contributed by atoms with E-state index in [4.69, 9.17) is 9.84 Å². The fourth-order valence-electron chi connectivity index (χ4n) is 2.14. The molecular formula is C17H20N2O4S. The zero-order valence-electron chi connectivity index (χ0n) is 13.8. The largest absolute Gasteiger partial charge is 0.482 e. The molecule has 0 aliphatic carbocycles. The minimum atomic E-state index is -1.04. The van der Waals surface area contributed by atoms with Gasteiger partial charge in [0.05, 0.1) is 10.7 Å². The first kappa shape index (κ1) is 17.9. The molecule has 0 radical (unpaired) electrons. The summed E-state index contributed by atoms with van der Waals surface area (Å²) in [4.78, 5) is 28.0. The van der Waals surface area contributed by atoms with E-state index in [0.29, 0.717) is 22.2 Å². The van der Waals surface area contributed by atoms with Gasteiger partial charge in [-0.3, -0.25) is 4.79 Å². The molecule has 2 rings (SSSR count). The van der Waals surface area contributed by atoms with E-state index < -0.39 is 12.6 Å². The SMILES string of the molecule is Cc1nc(CC(C)C)c(C(=O)Nc2ccc(OCC(=O)O)cc2)s1. The molecule has 0 fully saturated rings. The topological polar surface area (TPSA) is 88.5 Å². The summed E-state index contributed by atoms with van der Waals surface area (Å²) in [6.45, 7) is 5.67. The highest BCUT2D eigenvalue weighted by Gasteiger charge is 2.17. The van der Waals surface area contributed by atoms with Crippen molar-refractivity contribution in [2.75, 3.05) is 11.9 Å². The van der Waals surface area contributed by atoms with Crippen LogP contribution in [0.4, 0.5) is 5.69 Å². The summed E-state index contributed by atoms with van der Waals surface area (Å²) in [5, 5.41) is 12.3. The molecule has 0 saturated heterocycles. The maximum absolute atomic E-state index is 12.5. The van der Waals surface area contributed by atoms with Crippen molar-refractivity contribution in [2.45, 2.75) is 27.2 Å². The molecule has 24 heavy (non-hydrogen) atoms. The molecule has 0 spiro atoms. The summed E-state index contributed by atoms with van der Waals surface area (Å²) in [7, 11) is 0. The van der Waals surface area contributed by atoms with Gasteiger partial charge in [-0.2, -0.15) is 0 Å². The van der Waals surface area contributed by atoms with E-state index in [1.165, 1.54) is 11.3 Å². The maximum atomic E-state index is 12.5. The fraction of sp³-hybridized carbons (Fsp3) is 0.353. The smallest absolute Gasteiger partial charge is 0.341 e. The molecule has 1 aromatic heterocycles. The Kier molecular flexibility index (Phi) is 5.92. The molecular weight excluding hydrogens is 328 g/mol. The Morgan fingerprint density at radius 1 is 1.29 bits per heavy atom. The molecule has 0 unspecified atom stereocenters. The number of hydrogen-bond acceptors (Lipinski definition) is 5. The molecule has 6 nitrogen and oxygen atoms in total. The Morgan fingerprint density at radius 3 is 2.54 bits per heavy atom. The number of nitrogens with zero attached hydrogens (tertiary/aromatic N) is 1. The zero-order chi connectivity index (χ0) is 17.7. The lowest BCUT2D eigenvalue weighted by Gasteiger charge is -2.08. The van der Waals surface area contributed by atoms with Crippen LogP contribution in [0.3, 0.4) is 0 Å². The average molecular weight is 348 g/mol. The van der Waals surface area contributed by atoms with Crippen LogP contribution >= 0.6 is 11.3 Å². The minimum absolute atomic E-state index is 0.185. The first-order valence-corrected chi connectivity index (χ1v) is 8.39. The lowest BCUT2D eigenvalue weighted by molar-refractivity contribution is -0.139. The van der Waals surface area contributed by atoms with Gasteiger partial charge in [-0.05, 0) is 43.5 Å². The quantitative estimate of drug-likeness (QED) is 0.801. The number of amides is 1. The number of thiazole rings is 1. The van der Waals surface area contributed by atoms with Crippen LogP contribution in [0.15, 0.2) is 24.3 Å². The summed E-state index contributed by atoms with van der Waals surface area (Å²) < 4.78 is 5.06. The molecule has 7 heteroatoms. The molecule has 2 N–H and O–H groups in total. The number of nitrogens with one attached hydrogen (secondary N) is 1. The summed E-state index contributed by atoms with van der Waals surface area (Å²) >= 11 is 1.39. The minimum Gasteiger partial charge on any atom is -0.482 e. The fourth-order valence-corrected chi connectivity index (χ4v) is 2.98. The maximum Gasteiger partial charge on any atom is 0.341 e. The van der Waals surface area contributed by atoms with Gasteiger partial charge >= 0.3 is 5.97 Å². The number of aromatic nitrogens is 1. The van der Waals surface area contributed by atoms with Crippen LogP contribution in [-0.2, 0) is 11.2 Å². The molecule has 0 saturated carbocycles.